The Balaban J connectivity index is 3.38. The number of Topliss-reactive ketones (excluding diaryl/α,β-unsaturated/α-hetero) is 1. The molecular weight excluding hydrogens is 195 g/mol. The van der Waals surface area contributed by atoms with Gasteiger partial charge < -0.3 is 0 Å². The number of benzene rings is 1. The van der Waals surface area contributed by atoms with Crippen molar-refractivity contribution in [2.75, 3.05) is 0 Å². The Labute approximate surface area is 81.3 Å². The normalized spacial score (nSPS) is 10.0. The molecule has 64 valence electrons. The minimum Gasteiger partial charge on any atom is -0.294 e. The van der Waals surface area contributed by atoms with Crippen LogP contribution in [0.15, 0.2) is 12.1 Å². The third-order valence-electron chi connectivity index (χ3n) is 1.60. The lowest BCUT2D eigenvalue weighted by molar-refractivity contribution is 0.101. The second kappa shape index (κ2) is 3.46. The van der Waals surface area contributed by atoms with E-state index in [1.54, 1.807) is 12.1 Å². The van der Waals surface area contributed by atoms with Gasteiger partial charge >= 0.3 is 0 Å². The molecule has 0 spiro atoms. The number of rotatable bonds is 1. The fourth-order valence-corrected chi connectivity index (χ4v) is 1.88. The average molecular weight is 203 g/mol. The molecule has 1 aromatic rings. The highest BCUT2D eigenvalue weighted by Gasteiger charge is 2.09. The Bertz CT molecular complexity index is 308. The van der Waals surface area contributed by atoms with Crippen LogP contribution < -0.4 is 0 Å². The molecule has 0 saturated heterocycles. The SMILES string of the molecule is CC(=O)c1c(C)cc(Cl)cc1Cl. The van der Waals surface area contributed by atoms with E-state index in [2.05, 4.69) is 0 Å². The van der Waals surface area contributed by atoms with Crippen LogP contribution in [0.5, 0.6) is 0 Å². The summed E-state index contributed by atoms with van der Waals surface area (Å²) in [5.41, 5.74) is 1.38. The lowest BCUT2D eigenvalue weighted by Crippen LogP contribution is -1.97. The maximum absolute atomic E-state index is 11.1. The van der Waals surface area contributed by atoms with Crippen LogP contribution in [0.4, 0.5) is 0 Å². The Hall–Kier alpha value is -0.530. The number of ketones is 1. The fraction of sp³-hybridized carbons (Fsp3) is 0.222. The van der Waals surface area contributed by atoms with Crippen LogP contribution >= 0.6 is 23.2 Å². The van der Waals surface area contributed by atoms with Crippen LogP contribution in [0.1, 0.15) is 22.8 Å². The molecule has 0 radical (unpaired) electrons. The number of carbonyl (C=O) groups excluding carboxylic acids is 1. The smallest absolute Gasteiger partial charge is 0.161 e. The van der Waals surface area contributed by atoms with Crippen molar-refractivity contribution in [3.05, 3.63) is 33.3 Å². The Morgan fingerprint density at radius 3 is 2.33 bits per heavy atom. The van der Waals surface area contributed by atoms with Crippen molar-refractivity contribution < 1.29 is 4.79 Å². The van der Waals surface area contributed by atoms with Gasteiger partial charge in [0.05, 0.1) is 5.02 Å². The van der Waals surface area contributed by atoms with Crippen LogP contribution in [-0.4, -0.2) is 5.78 Å². The van der Waals surface area contributed by atoms with Crippen molar-refractivity contribution in [2.24, 2.45) is 0 Å². The minimum atomic E-state index is -0.0332. The van der Waals surface area contributed by atoms with Crippen LogP contribution in [0, 0.1) is 6.92 Å². The standard InChI is InChI=1S/C9H8Cl2O/c1-5-3-7(10)4-8(11)9(5)6(2)12/h3-4H,1-2H3. The molecule has 1 rings (SSSR count). The van der Waals surface area contributed by atoms with E-state index >= 15 is 0 Å². The second-order valence-electron chi connectivity index (χ2n) is 2.64. The number of aryl methyl sites for hydroxylation is 1. The van der Waals surface area contributed by atoms with E-state index in [0.29, 0.717) is 15.6 Å². The summed E-state index contributed by atoms with van der Waals surface area (Å²) >= 11 is 11.6. The van der Waals surface area contributed by atoms with Crippen molar-refractivity contribution in [3.8, 4) is 0 Å². The molecule has 0 N–H and O–H groups in total. The summed E-state index contributed by atoms with van der Waals surface area (Å²) in [4.78, 5) is 11.1. The van der Waals surface area contributed by atoms with E-state index < -0.39 is 0 Å². The molecule has 0 amide bonds. The van der Waals surface area contributed by atoms with Gasteiger partial charge in [-0.3, -0.25) is 4.79 Å². The molecule has 0 unspecified atom stereocenters. The topological polar surface area (TPSA) is 17.1 Å². The summed E-state index contributed by atoms with van der Waals surface area (Å²) in [7, 11) is 0. The summed E-state index contributed by atoms with van der Waals surface area (Å²) in [5, 5.41) is 0.981. The van der Waals surface area contributed by atoms with Crippen LogP contribution in [-0.2, 0) is 0 Å². The second-order valence-corrected chi connectivity index (χ2v) is 3.48. The van der Waals surface area contributed by atoms with E-state index in [1.807, 2.05) is 6.92 Å². The zero-order valence-electron chi connectivity index (χ0n) is 6.82. The first kappa shape index (κ1) is 9.56. The summed E-state index contributed by atoms with van der Waals surface area (Å²) in [6, 6.07) is 3.30. The highest BCUT2D eigenvalue weighted by molar-refractivity contribution is 6.37. The number of hydrogen-bond donors (Lipinski definition) is 0. The van der Waals surface area contributed by atoms with Crippen LogP contribution in [0.3, 0.4) is 0 Å². The predicted octanol–water partition coefficient (Wildman–Crippen LogP) is 3.50. The number of halogens is 2. The van der Waals surface area contributed by atoms with Crippen molar-refractivity contribution in [1.82, 2.24) is 0 Å². The van der Waals surface area contributed by atoms with E-state index in [-0.39, 0.29) is 5.78 Å². The van der Waals surface area contributed by atoms with Gasteiger partial charge in [0.2, 0.25) is 0 Å². The minimum absolute atomic E-state index is 0.0332. The van der Waals surface area contributed by atoms with Gasteiger partial charge in [0.25, 0.3) is 0 Å². The Morgan fingerprint density at radius 2 is 1.92 bits per heavy atom. The molecular formula is C9H8Cl2O. The van der Waals surface area contributed by atoms with Crippen LogP contribution in [0.2, 0.25) is 10.0 Å². The molecule has 12 heavy (non-hydrogen) atoms. The first-order valence-corrected chi connectivity index (χ1v) is 4.24. The molecule has 0 aliphatic heterocycles. The van der Waals surface area contributed by atoms with Gasteiger partial charge in [0, 0.05) is 10.6 Å². The number of carbonyl (C=O) groups is 1. The third kappa shape index (κ3) is 1.79. The molecule has 0 atom stereocenters. The lowest BCUT2D eigenvalue weighted by Gasteiger charge is -2.04. The first-order chi connectivity index (χ1) is 5.52. The summed E-state index contributed by atoms with van der Waals surface area (Å²) < 4.78 is 0. The van der Waals surface area contributed by atoms with Gasteiger partial charge in [-0.25, -0.2) is 0 Å². The largest absolute Gasteiger partial charge is 0.294 e. The van der Waals surface area contributed by atoms with Crippen molar-refractivity contribution in [2.45, 2.75) is 13.8 Å². The Morgan fingerprint density at radius 1 is 1.33 bits per heavy atom. The van der Waals surface area contributed by atoms with E-state index in [0.717, 1.165) is 5.56 Å². The third-order valence-corrected chi connectivity index (χ3v) is 2.12. The summed E-state index contributed by atoms with van der Waals surface area (Å²) in [5.74, 6) is -0.0332. The monoisotopic (exact) mass is 202 g/mol. The molecule has 0 saturated carbocycles. The first-order valence-electron chi connectivity index (χ1n) is 3.49. The maximum Gasteiger partial charge on any atom is 0.161 e. The van der Waals surface area contributed by atoms with Gasteiger partial charge in [-0.2, -0.15) is 0 Å². The van der Waals surface area contributed by atoms with Gasteiger partial charge in [0.1, 0.15) is 0 Å². The lowest BCUT2D eigenvalue weighted by atomic mass is 10.1. The molecule has 1 nitrogen and oxygen atoms in total. The van der Waals surface area contributed by atoms with Gasteiger partial charge in [-0.1, -0.05) is 23.2 Å². The van der Waals surface area contributed by atoms with Gasteiger partial charge in [-0.05, 0) is 31.5 Å². The summed E-state index contributed by atoms with van der Waals surface area (Å²) in [6.45, 7) is 3.30. The van der Waals surface area contributed by atoms with Gasteiger partial charge in [-0.15, -0.1) is 0 Å². The van der Waals surface area contributed by atoms with Crippen molar-refractivity contribution in [1.29, 1.82) is 0 Å². The Kier molecular flexibility index (Phi) is 2.76. The van der Waals surface area contributed by atoms with Gasteiger partial charge in [0.15, 0.2) is 5.78 Å². The molecule has 0 fully saturated rings. The highest BCUT2D eigenvalue weighted by atomic mass is 35.5. The molecule has 0 aliphatic carbocycles. The van der Waals surface area contributed by atoms with Crippen molar-refractivity contribution in [3.63, 3.8) is 0 Å². The zero-order chi connectivity index (χ0) is 9.30. The fourth-order valence-electron chi connectivity index (χ4n) is 1.15. The average Bonchev–Trinajstić information content (AvgIpc) is 1.82. The maximum atomic E-state index is 11.1. The van der Waals surface area contributed by atoms with Crippen molar-refractivity contribution >= 4 is 29.0 Å². The predicted molar refractivity (Wildman–Crippen MR) is 51.2 cm³/mol. The van der Waals surface area contributed by atoms with E-state index in [4.69, 9.17) is 23.2 Å². The quantitative estimate of drug-likeness (QED) is 0.638. The molecule has 0 bridgehead atoms. The number of hydrogen-bond acceptors (Lipinski definition) is 1. The molecule has 0 heterocycles. The summed E-state index contributed by atoms with van der Waals surface area (Å²) in [6.07, 6.45) is 0. The van der Waals surface area contributed by atoms with E-state index in [9.17, 15) is 4.79 Å². The molecule has 3 heteroatoms. The molecule has 0 aromatic heterocycles. The van der Waals surface area contributed by atoms with E-state index in [1.165, 1.54) is 6.92 Å². The van der Waals surface area contributed by atoms with Crippen LogP contribution in [0.25, 0.3) is 0 Å². The zero-order valence-corrected chi connectivity index (χ0v) is 8.33. The highest BCUT2D eigenvalue weighted by Crippen LogP contribution is 2.24. The molecule has 0 aliphatic rings. The molecule has 1 aromatic carbocycles.